The molecule has 0 aliphatic rings. The SMILES string of the molecule is CCCC(CC)Nc1cncc(Br)c1. The lowest BCUT2D eigenvalue weighted by molar-refractivity contribution is 0.622. The third kappa shape index (κ3) is 3.66. The average Bonchev–Trinajstić information content (AvgIpc) is 2.17. The third-order valence-corrected chi connectivity index (χ3v) is 2.64. The predicted molar refractivity (Wildman–Crippen MR) is 64.5 cm³/mol. The van der Waals surface area contributed by atoms with Gasteiger partial charge in [-0.25, -0.2) is 0 Å². The van der Waals surface area contributed by atoms with Crippen LogP contribution in [0.15, 0.2) is 22.9 Å². The summed E-state index contributed by atoms with van der Waals surface area (Å²) in [4.78, 5) is 4.12. The Morgan fingerprint density at radius 1 is 1.43 bits per heavy atom. The van der Waals surface area contributed by atoms with E-state index in [2.05, 4.69) is 46.1 Å². The maximum Gasteiger partial charge on any atom is 0.0540 e. The van der Waals surface area contributed by atoms with Crippen molar-refractivity contribution in [1.29, 1.82) is 0 Å². The zero-order valence-corrected chi connectivity index (χ0v) is 10.3. The summed E-state index contributed by atoms with van der Waals surface area (Å²) in [5.74, 6) is 0. The monoisotopic (exact) mass is 256 g/mol. The van der Waals surface area contributed by atoms with Gasteiger partial charge in [0, 0.05) is 16.7 Å². The molecule has 14 heavy (non-hydrogen) atoms. The van der Waals surface area contributed by atoms with Crippen LogP contribution in [0.4, 0.5) is 5.69 Å². The van der Waals surface area contributed by atoms with Crippen LogP contribution >= 0.6 is 15.9 Å². The average molecular weight is 257 g/mol. The van der Waals surface area contributed by atoms with E-state index in [0.29, 0.717) is 6.04 Å². The second kappa shape index (κ2) is 6.02. The number of anilines is 1. The Balaban J connectivity index is 2.57. The van der Waals surface area contributed by atoms with Gasteiger partial charge in [-0.1, -0.05) is 20.3 Å². The molecule has 1 atom stereocenters. The first-order valence-corrected chi connectivity index (χ1v) is 5.92. The highest BCUT2D eigenvalue weighted by Gasteiger charge is 2.04. The normalized spacial score (nSPS) is 12.5. The van der Waals surface area contributed by atoms with Crippen molar-refractivity contribution in [2.24, 2.45) is 0 Å². The van der Waals surface area contributed by atoms with Crippen molar-refractivity contribution < 1.29 is 0 Å². The van der Waals surface area contributed by atoms with Crippen LogP contribution in [-0.2, 0) is 0 Å². The first kappa shape index (κ1) is 11.5. The van der Waals surface area contributed by atoms with Crippen molar-refractivity contribution in [2.45, 2.75) is 39.2 Å². The third-order valence-electron chi connectivity index (χ3n) is 2.21. The molecule has 0 spiro atoms. The summed E-state index contributed by atoms with van der Waals surface area (Å²) in [7, 11) is 0. The number of nitrogens with one attached hydrogen (secondary N) is 1. The highest BCUT2D eigenvalue weighted by Crippen LogP contribution is 2.16. The molecule has 0 bridgehead atoms. The van der Waals surface area contributed by atoms with Crippen molar-refractivity contribution in [3.05, 3.63) is 22.9 Å². The maximum absolute atomic E-state index is 4.12. The fourth-order valence-electron chi connectivity index (χ4n) is 1.45. The molecular weight excluding hydrogens is 240 g/mol. The van der Waals surface area contributed by atoms with E-state index in [9.17, 15) is 0 Å². The van der Waals surface area contributed by atoms with E-state index >= 15 is 0 Å². The minimum absolute atomic E-state index is 0.566. The summed E-state index contributed by atoms with van der Waals surface area (Å²) >= 11 is 3.41. The maximum atomic E-state index is 4.12. The van der Waals surface area contributed by atoms with Crippen LogP contribution in [0.25, 0.3) is 0 Å². The lowest BCUT2D eigenvalue weighted by Gasteiger charge is -2.17. The van der Waals surface area contributed by atoms with Gasteiger partial charge >= 0.3 is 0 Å². The number of pyridine rings is 1. The van der Waals surface area contributed by atoms with Gasteiger partial charge in [-0.15, -0.1) is 0 Å². The van der Waals surface area contributed by atoms with Crippen LogP contribution < -0.4 is 5.32 Å². The van der Waals surface area contributed by atoms with Gasteiger partial charge in [0.05, 0.1) is 11.9 Å². The van der Waals surface area contributed by atoms with Crippen LogP contribution in [0.1, 0.15) is 33.1 Å². The van der Waals surface area contributed by atoms with E-state index < -0.39 is 0 Å². The van der Waals surface area contributed by atoms with Gasteiger partial charge in [0.2, 0.25) is 0 Å². The topological polar surface area (TPSA) is 24.9 Å². The van der Waals surface area contributed by atoms with Gasteiger partial charge in [-0.05, 0) is 34.8 Å². The predicted octanol–water partition coefficient (Wildman–Crippen LogP) is 3.83. The summed E-state index contributed by atoms with van der Waals surface area (Å²) in [6, 6.07) is 2.63. The molecule has 1 rings (SSSR count). The molecule has 1 N–H and O–H groups in total. The van der Waals surface area contributed by atoms with Crippen molar-refractivity contribution in [2.75, 3.05) is 5.32 Å². The Labute approximate surface area is 94.3 Å². The molecule has 1 heterocycles. The second-order valence-corrected chi connectivity index (χ2v) is 4.35. The number of hydrogen-bond donors (Lipinski definition) is 1. The Bertz CT molecular complexity index is 276. The van der Waals surface area contributed by atoms with Crippen LogP contribution in [0.3, 0.4) is 0 Å². The number of aromatic nitrogens is 1. The van der Waals surface area contributed by atoms with E-state index in [1.807, 2.05) is 6.20 Å². The van der Waals surface area contributed by atoms with E-state index in [-0.39, 0.29) is 0 Å². The minimum Gasteiger partial charge on any atom is -0.381 e. The summed E-state index contributed by atoms with van der Waals surface area (Å²) in [5, 5.41) is 3.48. The number of hydrogen-bond acceptors (Lipinski definition) is 2. The summed E-state index contributed by atoms with van der Waals surface area (Å²) in [5.41, 5.74) is 1.10. The Hall–Kier alpha value is -0.570. The molecule has 0 fully saturated rings. The molecule has 1 aromatic heterocycles. The van der Waals surface area contributed by atoms with Crippen molar-refractivity contribution in [1.82, 2.24) is 4.98 Å². The van der Waals surface area contributed by atoms with Gasteiger partial charge in [0.15, 0.2) is 0 Å². The van der Waals surface area contributed by atoms with Gasteiger partial charge in [-0.3, -0.25) is 4.98 Å². The lowest BCUT2D eigenvalue weighted by Crippen LogP contribution is -2.17. The molecule has 0 saturated heterocycles. The van der Waals surface area contributed by atoms with Crippen LogP contribution in [0, 0.1) is 0 Å². The standard InChI is InChI=1S/C11H17BrN2/c1-3-5-10(4-2)14-11-6-9(12)7-13-8-11/h6-8,10,14H,3-5H2,1-2H3. The Morgan fingerprint density at radius 2 is 2.21 bits per heavy atom. The summed E-state index contributed by atoms with van der Waals surface area (Å²) < 4.78 is 1.02. The zero-order chi connectivity index (χ0) is 10.4. The molecule has 0 aliphatic carbocycles. The molecule has 2 nitrogen and oxygen atoms in total. The Kier molecular flexibility index (Phi) is 4.94. The largest absolute Gasteiger partial charge is 0.381 e. The summed E-state index contributed by atoms with van der Waals surface area (Å²) in [6.45, 7) is 4.42. The van der Waals surface area contributed by atoms with Crippen molar-refractivity contribution in [3.8, 4) is 0 Å². The second-order valence-electron chi connectivity index (χ2n) is 3.43. The number of nitrogens with zero attached hydrogens (tertiary/aromatic N) is 1. The highest BCUT2D eigenvalue weighted by atomic mass is 79.9. The first-order valence-electron chi connectivity index (χ1n) is 5.13. The molecule has 1 aromatic rings. The molecule has 0 amide bonds. The van der Waals surface area contributed by atoms with Crippen LogP contribution in [-0.4, -0.2) is 11.0 Å². The van der Waals surface area contributed by atoms with Crippen LogP contribution in [0.5, 0.6) is 0 Å². The minimum atomic E-state index is 0.566. The quantitative estimate of drug-likeness (QED) is 0.866. The Morgan fingerprint density at radius 3 is 2.79 bits per heavy atom. The fraction of sp³-hybridized carbons (Fsp3) is 0.545. The van der Waals surface area contributed by atoms with Crippen molar-refractivity contribution in [3.63, 3.8) is 0 Å². The van der Waals surface area contributed by atoms with Crippen LogP contribution in [0.2, 0.25) is 0 Å². The molecule has 0 aromatic carbocycles. The number of halogens is 1. The van der Waals surface area contributed by atoms with Gasteiger partial charge < -0.3 is 5.32 Å². The van der Waals surface area contributed by atoms with E-state index in [1.54, 1.807) is 6.20 Å². The van der Waals surface area contributed by atoms with Gasteiger partial charge in [-0.2, -0.15) is 0 Å². The summed E-state index contributed by atoms with van der Waals surface area (Å²) in [6.07, 6.45) is 7.24. The molecule has 0 aliphatic heterocycles. The fourth-order valence-corrected chi connectivity index (χ4v) is 1.82. The number of rotatable bonds is 5. The molecule has 0 radical (unpaired) electrons. The molecular formula is C11H17BrN2. The molecule has 0 saturated carbocycles. The smallest absolute Gasteiger partial charge is 0.0540 e. The first-order chi connectivity index (χ1) is 6.76. The molecule has 78 valence electrons. The van der Waals surface area contributed by atoms with Crippen molar-refractivity contribution >= 4 is 21.6 Å². The highest BCUT2D eigenvalue weighted by molar-refractivity contribution is 9.10. The van der Waals surface area contributed by atoms with E-state index in [1.165, 1.54) is 12.8 Å². The lowest BCUT2D eigenvalue weighted by atomic mass is 10.1. The molecule has 1 unspecified atom stereocenters. The van der Waals surface area contributed by atoms with E-state index in [0.717, 1.165) is 16.6 Å². The van der Waals surface area contributed by atoms with Gasteiger partial charge in [0.1, 0.15) is 0 Å². The van der Waals surface area contributed by atoms with E-state index in [4.69, 9.17) is 0 Å². The molecule has 3 heteroatoms. The zero-order valence-electron chi connectivity index (χ0n) is 8.76. The van der Waals surface area contributed by atoms with Gasteiger partial charge in [0.25, 0.3) is 0 Å².